The Balaban J connectivity index is 1.89. The maximum absolute atomic E-state index is 12.1. The fraction of sp³-hybridized carbons (Fsp3) is 0.500. The Morgan fingerprint density at radius 3 is 2.83 bits per heavy atom. The molecule has 0 saturated carbocycles. The molecule has 0 spiro atoms. The van der Waals surface area contributed by atoms with Crippen LogP contribution in [0.25, 0.3) is 0 Å². The second-order valence-electron chi connectivity index (χ2n) is 4.58. The highest BCUT2D eigenvalue weighted by Gasteiger charge is 2.21. The number of benzene rings is 1. The van der Waals surface area contributed by atoms with Crippen molar-refractivity contribution < 1.29 is 4.79 Å². The number of carbonyl (C=O) groups is 1. The molecule has 0 aromatic heterocycles. The summed E-state index contributed by atoms with van der Waals surface area (Å²) in [5.41, 5.74) is 6.72. The van der Waals surface area contributed by atoms with Crippen LogP contribution in [0.2, 0.25) is 0 Å². The van der Waals surface area contributed by atoms with E-state index in [4.69, 9.17) is 5.73 Å². The molecule has 98 valence electrons. The summed E-state index contributed by atoms with van der Waals surface area (Å²) in [5, 5.41) is 3.62. The topological polar surface area (TPSA) is 55.1 Å². The molecule has 2 atom stereocenters. The first kappa shape index (κ1) is 13.4. The van der Waals surface area contributed by atoms with Crippen LogP contribution < -0.4 is 11.1 Å². The number of amides is 1. The van der Waals surface area contributed by atoms with E-state index >= 15 is 0 Å². The lowest BCUT2D eigenvalue weighted by Crippen LogP contribution is -2.36. The van der Waals surface area contributed by atoms with Gasteiger partial charge in [0.25, 0.3) is 0 Å². The van der Waals surface area contributed by atoms with E-state index in [1.165, 1.54) is 18.6 Å². The molecule has 1 fully saturated rings. The van der Waals surface area contributed by atoms with Gasteiger partial charge < -0.3 is 11.1 Å². The molecule has 0 bridgehead atoms. The van der Waals surface area contributed by atoms with Crippen molar-refractivity contribution in [2.75, 3.05) is 18.8 Å². The van der Waals surface area contributed by atoms with E-state index in [9.17, 15) is 4.79 Å². The number of carbonyl (C=O) groups excluding carboxylic acids is 1. The maximum atomic E-state index is 12.1. The first-order chi connectivity index (χ1) is 8.81. The van der Waals surface area contributed by atoms with Gasteiger partial charge in [-0.15, -0.1) is 0 Å². The van der Waals surface area contributed by atoms with Crippen LogP contribution in [0.5, 0.6) is 0 Å². The predicted molar refractivity (Wildman–Crippen MR) is 76.7 cm³/mol. The van der Waals surface area contributed by atoms with Gasteiger partial charge in [-0.05, 0) is 24.2 Å². The van der Waals surface area contributed by atoms with Gasteiger partial charge in [-0.2, -0.15) is 11.8 Å². The third-order valence-electron chi connectivity index (χ3n) is 3.28. The average molecular weight is 264 g/mol. The van der Waals surface area contributed by atoms with Crippen molar-refractivity contribution in [3.8, 4) is 0 Å². The quantitative estimate of drug-likeness (QED) is 0.852. The molecule has 1 aliphatic rings. The third-order valence-corrected chi connectivity index (χ3v) is 4.68. The Labute approximate surface area is 113 Å². The molecule has 2 rings (SSSR count). The summed E-state index contributed by atoms with van der Waals surface area (Å²) in [5.74, 6) is 1.05. The number of hydrogen-bond acceptors (Lipinski definition) is 3. The minimum absolute atomic E-state index is 0.0520. The van der Waals surface area contributed by atoms with Crippen LogP contribution in [-0.2, 0) is 4.79 Å². The van der Waals surface area contributed by atoms with E-state index in [0.717, 1.165) is 12.1 Å². The number of nitrogens with one attached hydrogen (secondary N) is 1. The highest BCUT2D eigenvalue weighted by molar-refractivity contribution is 8.00. The Morgan fingerprint density at radius 1 is 1.44 bits per heavy atom. The van der Waals surface area contributed by atoms with Gasteiger partial charge in [-0.1, -0.05) is 30.3 Å². The number of thioether (sulfide) groups is 1. The summed E-state index contributed by atoms with van der Waals surface area (Å²) >= 11 is 1.95. The first-order valence-electron chi connectivity index (χ1n) is 6.45. The van der Waals surface area contributed by atoms with Crippen molar-refractivity contribution >= 4 is 17.7 Å². The molecule has 1 aromatic rings. The standard InChI is InChI=1S/C14H20N2OS/c15-9-13(11-5-2-1-3-6-11)14(17)16-10-12-7-4-8-18-12/h1-3,5-6,12-13H,4,7-10,15H2,(H,16,17). The van der Waals surface area contributed by atoms with E-state index in [1.807, 2.05) is 42.1 Å². The monoisotopic (exact) mass is 264 g/mol. The van der Waals surface area contributed by atoms with Gasteiger partial charge in [0.1, 0.15) is 0 Å². The van der Waals surface area contributed by atoms with Crippen LogP contribution in [0.4, 0.5) is 0 Å². The number of nitrogens with two attached hydrogens (primary N) is 1. The van der Waals surface area contributed by atoms with Crippen LogP contribution in [0.15, 0.2) is 30.3 Å². The zero-order valence-electron chi connectivity index (χ0n) is 10.5. The first-order valence-corrected chi connectivity index (χ1v) is 7.50. The van der Waals surface area contributed by atoms with Crippen LogP contribution in [0.1, 0.15) is 24.3 Å². The fourth-order valence-electron chi connectivity index (χ4n) is 2.22. The van der Waals surface area contributed by atoms with Gasteiger partial charge in [0.15, 0.2) is 0 Å². The summed E-state index contributed by atoms with van der Waals surface area (Å²) in [7, 11) is 0. The summed E-state index contributed by atoms with van der Waals surface area (Å²) < 4.78 is 0. The summed E-state index contributed by atoms with van der Waals surface area (Å²) in [6.07, 6.45) is 2.48. The maximum Gasteiger partial charge on any atom is 0.228 e. The second kappa shape index (κ2) is 6.81. The normalized spacial score (nSPS) is 20.6. The largest absolute Gasteiger partial charge is 0.354 e. The van der Waals surface area contributed by atoms with Gasteiger partial charge in [-0.3, -0.25) is 4.79 Å². The molecule has 0 radical (unpaired) electrons. The van der Waals surface area contributed by atoms with Crippen molar-refractivity contribution in [2.45, 2.75) is 24.0 Å². The molecule has 1 aliphatic heterocycles. The fourth-order valence-corrected chi connectivity index (χ4v) is 3.42. The van der Waals surface area contributed by atoms with Gasteiger partial charge in [0, 0.05) is 18.3 Å². The lowest BCUT2D eigenvalue weighted by molar-refractivity contribution is -0.122. The van der Waals surface area contributed by atoms with Crippen LogP contribution in [0, 0.1) is 0 Å². The Morgan fingerprint density at radius 2 is 2.22 bits per heavy atom. The van der Waals surface area contributed by atoms with E-state index in [-0.39, 0.29) is 11.8 Å². The van der Waals surface area contributed by atoms with Crippen LogP contribution >= 0.6 is 11.8 Å². The summed E-state index contributed by atoms with van der Waals surface area (Å²) in [6.45, 7) is 1.13. The van der Waals surface area contributed by atoms with Gasteiger partial charge in [0.05, 0.1) is 5.92 Å². The minimum Gasteiger partial charge on any atom is -0.354 e. The predicted octanol–water partition coefficient (Wildman–Crippen LogP) is 1.74. The molecule has 1 amide bonds. The Kier molecular flexibility index (Phi) is 5.08. The molecule has 3 N–H and O–H groups in total. The Hall–Kier alpha value is -1.00. The van der Waals surface area contributed by atoms with Crippen molar-refractivity contribution in [1.29, 1.82) is 0 Å². The smallest absolute Gasteiger partial charge is 0.228 e. The molecular weight excluding hydrogens is 244 g/mol. The zero-order chi connectivity index (χ0) is 12.8. The van der Waals surface area contributed by atoms with Crippen molar-refractivity contribution in [2.24, 2.45) is 5.73 Å². The molecule has 1 heterocycles. The lowest BCUT2D eigenvalue weighted by atomic mass is 9.98. The van der Waals surface area contributed by atoms with Gasteiger partial charge in [-0.25, -0.2) is 0 Å². The summed E-state index contributed by atoms with van der Waals surface area (Å²) in [6, 6.07) is 9.75. The Bertz CT molecular complexity index is 377. The van der Waals surface area contributed by atoms with E-state index < -0.39 is 0 Å². The van der Waals surface area contributed by atoms with E-state index in [1.54, 1.807) is 0 Å². The van der Waals surface area contributed by atoms with Gasteiger partial charge >= 0.3 is 0 Å². The average Bonchev–Trinajstić information content (AvgIpc) is 2.92. The third kappa shape index (κ3) is 3.50. The van der Waals surface area contributed by atoms with E-state index in [0.29, 0.717) is 11.8 Å². The second-order valence-corrected chi connectivity index (χ2v) is 5.99. The van der Waals surface area contributed by atoms with Crippen molar-refractivity contribution in [3.05, 3.63) is 35.9 Å². The minimum atomic E-state index is -0.224. The van der Waals surface area contributed by atoms with Crippen LogP contribution in [-0.4, -0.2) is 30.0 Å². The molecule has 0 aliphatic carbocycles. The molecule has 3 nitrogen and oxygen atoms in total. The molecular formula is C14H20N2OS. The molecule has 2 unspecified atom stereocenters. The highest BCUT2D eigenvalue weighted by atomic mass is 32.2. The zero-order valence-corrected chi connectivity index (χ0v) is 11.3. The van der Waals surface area contributed by atoms with Crippen LogP contribution in [0.3, 0.4) is 0 Å². The molecule has 18 heavy (non-hydrogen) atoms. The van der Waals surface area contributed by atoms with Crippen molar-refractivity contribution in [3.63, 3.8) is 0 Å². The SMILES string of the molecule is NCC(C(=O)NCC1CCCS1)c1ccccc1. The molecule has 1 aromatic carbocycles. The lowest BCUT2D eigenvalue weighted by Gasteiger charge is -2.17. The number of rotatable bonds is 5. The summed E-state index contributed by atoms with van der Waals surface area (Å²) in [4.78, 5) is 12.1. The van der Waals surface area contributed by atoms with E-state index in [2.05, 4.69) is 5.32 Å². The van der Waals surface area contributed by atoms with Crippen molar-refractivity contribution in [1.82, 2.24) is 5.32 Å². The van der Waals surface area contributed by atoms with Gasteiger partial charge in [0.2, 0.25) is 5.91 Å². The molecule has 1 saturated heterocycles. The number of hydrogen-bond donors (Lipinski definition) is 2. The molecule has 4 heteroatoms. The highest BCUT2D eigenvalue weighted by Crippen LogP contribution is 2.25.